The van der Waals surface area contributed by atoms with Crippen molar-refractivity contribution >= 4 is 46.3 Å². The molecular formula is C31H29ClN2O5S. The lowest BCUT2D eigenvalue weighted by Gasteiger charge is -2.43. The quantitative estimate of drug-likeness (QED) is 0.275. The number of para-hydroxylation sites is 1. The summed E-state index contributed by atoms with van der Waals surface area (Å²) in [4.78, 5) is 44.2. The lowest BCUT2D eigenvalue weighted by molar-refractivity contribution is -0.152. The van der Waals surface area contributed by atoms with Crippen LogP contribution in [0.1, 0.15) is 42.5 Å². The van der Waals surface area contributed by atoms with Crippen molar-refractivity contribution in [1.29, 1.82) is 0 Å². The van der Waals surface area contributed by atoms with Gasteiger partial charge in [0.25, 0.3) is 0 Å². The van der Waals surface area contributed by atoms with E-state index in [-0.39, 0.29) is 24.6 Å². The Morgan fingerprint density at radius 3 is 2.42 bits per heavy atom. The van der Waals surface area contributed by atoms with E-state index in [4.69, 9.17) is 26.8 Å². The van der Waals surface area contributed by atoms with Gasteiger partial charge in [0.2, 0.25) is 0 Å². The minimum Gasteiger partial charge on any atom is -0.465 e. The van der Waals surface area contributed by atoms with Crippen molar-refractivity contribution in [2.75, 3.05) is 18.1 Å². The van der Waals surface area contributed by atoms with E-state index in [1.54, 1.807) is 43.0 Å². The first-order valence-corrected chi connectivity index (χ1v) is 14.4. The van der Waals surface area contributed by atoms with Gasteiger partial charge in [-0.2, -0.15) is 0 Å². The Morgan fingerprint density at radius 1 is 1.02 bits per heavy atom. The number of hydrogen-bond donors (Lipinski definition) is 1. The Morgan fingerprint density at radius 2 is 1.77 bits per heavy atom. The second-order valence-electron chi connectivity index (χ2n) is 9.46. The molecule has 206 valence electrons. The molecule has 2 aromatic carbocycles. The van der Waals surface area contributed by atoms with Gasteiger partial charge in [0.1, 0.15) is 11.7 Å². The van der Waals surface area contributed by atoms with Gasteiger partial charge in [0.15, 0.2) is 5.78 Å². The Kier molecular flexibility index (Phi) is 8.09. The molecule has 0 amide bonds. The maximum Gasteiger partial charge on any atom is 0.338 e. The molecule has 0 radical (unpaired) electrons. The molecule has 1 aliphatic heterocycles. The minimum absolute atomic E-state index is 0.120. The molecule has 5 rings (SSSR count). The summed E-state index contributed by atoms with van der Waals surface area (Å²) in [5.74, 6) is -3.90. The summed E-state index contributed by atoms with van der Waals surface area (Å²) in [6.07, 6.45) is 0.327. The third kappa shape index (κ3) is 4.93. The average molecular weight is 577 g/mol. The van der Waals surface area contributed by atoms with Crippen LogP contribution in [-0.2, 0) is 23.9 Å². The van der Waals surface area contributed by atoms with Gasteiger partial charge in [0.05, 0.1) is 24.7 Å². The molecule has 0 bridgehead atoms. The number of ketones is 1. The van der Waals surface area contributed by atoms with E-state index in [1.807, 2.05) is 47.8 Å². The molecule has 40 heavy (non-hydrogen) atoms. The van der Waals surface area contributed by atoms with Crippen molar-refractivity contribution in [3.63, 3.8) is 0 Å². The van der Waals surface area contributed by atoms with Crippen LogP contribution in [0.15, 0.2) is 94.8 Å². The molecule has 1 aliphatic carbocycles. The fourth-order valence-electron chi connectivity index (χ4n) is 5.60. The number of anilines is 1. The van der Waals surface area contributed by atoms with Gasteiger partial charge < -0.3 is 15.2 Å². The highest BCUT2D eigenvalue weighted by Crippen LogP contribution is 2.52. The van der Waals surface area contributed by atoms with Crippen LogP contribution in [0.4, 0.5) is 5.69 Å². The molecular weight excluding hydrogens is 548 g/mol. The second kappa shape index (κ2) is 11.7. The van der Waals surface area contributed by atoms with E-state index in [0.717, 1.165) is 4.88 Å². The molecule has 1 aromatic heterocycles. The van der Waals surface area contributed by atoms with Crippen LogP contribution < -0.4 is 10.6 Å². The van der Waals surface area contributed by atoms with E-state index in [9.17, 15) is 14.4 Å². The number of halogens is 1. The van der Waals surface area contributed by atoms with Gasteiger partial charge >= 0.3 is 11.9 Å². The van der Waals surface area contributed by atoms with Crippen LogP contribution in [-0.4, -0.2) is 30.9 Å². The average Bonchev–Trinajstić information content (AvgIpc) is 3.48. The van der Waals surface area contributed by atoms with Crippen molar-refractivity contribution < 1.29 is 23.9 Å². The SMILES string of the molecule is CCOC(=O)C1=C(N)N(c2ccccc2)C2=C(C(=O)[C@H](C(=O)OCC)[C@@H](c3cccs3)C2)[C@H]1c1cccc(Cl)c1. The molecule has 3 atom stereocenters. The molecule has 7 nitrogen and oxygen atoms in total. The van der Waals surface area contributed by atoms with Crippen LogP contribution in [0.3, 0.4) is 0 Å². The number of ether oxygens (including phenoxy) is 2. The molecule has 0 spiro atoms. The van der Waals surface area contributed by atoms with E-state index in [2.05, 4.69) is 0 Å². The number of nitrogens with two attached hydrogens (primary N) is 1. The maximum absolute atomic E-state index is 14.6. The summed E-state index contributed by atoms with van der Waals surface area (Å²) >= 11 is 7.87. The first kappa shape index (κ1) is 27.7. The molecule has 0 unspecified atom stereocenters. The normalized spacial score (nSPS) is 20.8. The Hall–Kier alpha value is -3.88. The molecule has 2 N–H and O–H groups in total. The zero-order valence-corrected chi connectivity index (χ0v) is 23.7. The molecule has 2 heterocycles. The molecule has 0 saturated heterocycles. The van der Waals surface area contributed by atoms with Gasteiger partial charge in [-0.25, -0.2) is 4.79 Å². The summed E-state index contributed by atoms with van der Waals surface area (Å²) in [7, 11) is 0. The van der Waals surface area contributed by atoms with Gasteiger partial charge in [-0.05, 0) is 61.5 Å². The predicted molar refractivity (Wildman–Crippen MR) is 155 cm³/mol. The monoisotopic (exact) mass is 576 g/mol. The van der Waals surface area contributed by atoms with Gasteiger partial charge in [-0.1, -0.05) is 48.0 Å². The highest BCUT2D eigenvalue weighted by Gasteiger charge is 2.51. The topological polar surface area (TPSA) is 98.9 Å². The minimum atomic E-state index is -1.08. The molecule has 9 heteroatoms. The fourth-order valence-corrected chi connectivity index (χ4v) is 6.66. The summed E-state index contributed by atoms with van der Waals surface area (Å²) in [6.45, 7) is 3.68. The summed E-state index contributed by atoms with van der Waals surface area (Å²) in [6, 6.07) is 20.1. The van der Waals surface area contributed by atoms with Crippen LogP contribution in [0.25, 0.3) is 0 Å². The zero-order chi connectivity index (χ0) is 28.4. The van der Waals surface area contributed by atoms with Gasteiger partial charge in [-0.15, -0.1) is 11.3 Å². The van der Waals surface area contributed by atoms with Crippen molar-refractivity contribution in [1.82, 2.24) is 0 Å². The number of hydrogen-bond acceptors (Lipinski definition) is 8. The number of Topliss-reactive ketones (excluding diaryl/α,β-unsaturated/α-hetero) is 1. The highest BCUT2D eigenvalue weighted by molar-refractivity contribution is 7.10. The van der Waals surface area contributed by atoms with Crippen molar-refractivity contribution in [3.05, 3.63) is 110 Å². The number of carbonyl (C=O) groups is 3. The number of esters is 2. The molecule has 0 fully saturated rings. The first-order valence-electron chi connectivity index (χ1n) is 13.1. The van der Waals surface area contributed by atoms with E-state index in [0.29, 0.717) is 34.0 Å². The Labute approximate surface area is 241 Å². The third-order valence-corrected chi connectivity index (χ3v) is 8.42. The Balaban J connectivity index is 1.81. The van der Waals surface area contributed by atoms with Gasteiger partial charge in [-0.3, -0.25) is 14.5 Å². The predicted octanol–water partition coefficient (Wildman–Crippen LogP) is 5.93. The number of rotatable bonds is 7. The van der Waals surface area contributed by atoms with E-state index < -0.39 is 35.5 Å². The highest BCUT2D eigenvalue weighted by atomic mass is 35.5. The Bertz CT molecular complexity index is 1500. The number of nitrogens with zero attached hydrogens (tertiary/aromatic N) is 1. The lowest BCUT2D eigenvalue weighted by Crippen LogP contribution is -2.46. The molecule has 0 saturated carbocycles. The number of allylic oxidation sites excluding steroid dienone is 2. The molecule has 3 aromatic rings. The van der Waals surface area contributed by atoms with E-state index >= 15 is 0 Å². The van der Waals surface area contributed by atoms with E-state index in [1.165, 1.54) is 11.3 Å². The smallest absolute Gasteiger partial charge is 0.338 e. The second-order valence-corrected chi connectivity index (χ2v) is 10.9. The van der Waals surface area contributed by atoms with Crippen molar-refractivity contribution in [2.24, 2.45) is 11.7 Å². The lowest BCUT2D eigenvalue weighted by atomic mass is 9.68. The number of carbonyl (C=O) groups excluding carboxylic acids is 3. The zero-order valence-electron chi connectivity index (χ0n) is 22.1. The fraction of sp³-hybridized carbons (Fsp3) is 0.258. The first-order chi connectivity index (χ1) is 19.4. The largest absolute Gasteiger partial charge is 0.465 e. The van der Waals surface area contributed by atoms with Crippen LogP contribution in [0, 0.1) is 5.92 Å². The number of thiophene rings is 1. The maximum atomic E-state index is 14.6. The summed E-state index contributed by atoms with van der Waals surface area (Å²) in [5.41, 5.74) is 9.20. The standard InChI is InChI=1S/C31H29ClN2O5S/c1-3-38-30(36)25-21(23-14-9-15-40-23)17-22-26(28(25)35)24(18-10-8-11-19(32)16-18)27(31(37)39-4-2)29(33)34(22)20-12-6-5-7-13-20/h5-16,21,24-25H,3-4,17,33H2,1-2H3/t21-,24-,25-/m1/s1. The molecule has 2 aliphatic rings. The van der Waals surface area contributed by atoms with Crippen molar-refractivity contribution in [3.8, 4) is 0 Å². The summed E-state index contributed by atoms with van der Waals surface area (Å²) in [5, 5.41) is 2.36. The third-order valence-electron chi connectivity index (χ3n) is 7.18. The van der Waals surface area contributed by atoms with Crippen LogP contribution in [0.2, 0.25) is 5.02 Å². The summed E-state index contributed by atoms with van der Waals surface area (Å²) < 4.78 is 10.9. The van der Waals surface area contributed by atoms with Gasteiger partial charge in [0, 0.05) is 32.8 Å². The number of benzene rings is 2. The van der Waals surface area contributed by atoms with Crippen LogP contribution >= 0.6 is 22.9 Å². The van der Waals surface area contributed by atoms with Crippen molar-refractivity contribution in [2.45, 2.75) is 32.1 Å². The van der Waals surface area contributed by atoms with Crippen LogP contribution in [0.5, 0.6) is 0 Å².